The molecule has 1 N–H and O–H groups in total. The van der Waals surface area contributed by atoms with E-state index in [4.69, 9.17) is 4.98 Å². The van der Waals surface area contributed by atoms with Gasteiger partial charge < -0.3 is 10.2 Å². The molecule has 2 amide bonds. The molecule has 0 aliphatic carbocycles. The number of hydrogen-bond acceptors (Lipinski definition) is 4. The van der Waals surface area contributed by atoms with Crippen molar-refractivity contribution in [2.24, 2.45) is 0 Å². The van der Waals surface area contributed by atoms with E-state index in [-0.39, 0.29) is 17.7 Å². The predicted octanol–water partition coefficient (Wildman–Crippen LogP) is 2.99. The van der Waals surface area contributed by atoms with Crippen LogP contribution in [0.4, 0.5) is 0 Å². The number of aryl methyl sites for hydroxylation is 2. The molecule has 0 unspecified atom stereocenters. The summed E-state index contributed by atoms with van der Waals surface area (Å²) in [4.78, 5) is 34.7. The molecule has 6 heteroatoms. The van der Waals surface area contributed by atoms with E-state index in [2.05, 4.69) is 35.4 Å². The molecule has 0 saturated carbocycles. The number of amides is 2. The molecule has 0 radical (unpaired) electrons. The maximum Gasteiger partial charge on any atom is 0.224 e. The van der Waals surface area contributed by atoms with Gasteiger partial charge >= 0.3 is 0 Å². The monoisotopic (exact) mass is 380 g/mol. The van der Waals surface area contributed by atoms with Crippen LogP contribution >= 0.6 is 0 Å². The van der Waals surface area contributed by atoms with E-state index in [0.717, 1.165) is 42.0 Å². The van der Waals surface area contributed by atoms with E-state index >= 15 is 0 Å². The SMILES string of the molecule is CC(=O)NCCC(=O)N1CCC[C@H](c2nc(C)ncc2-c2cccc(C)c2)C1. The smallest absolute Gasteiger partial charge is 0.224 e. The van der Waals surface area contributed by atoms with Crippen LogP contribution in [0.5, 0.6) is 0 Å². The number of benzene rings is 1. The molecule has 1 aromatic carbocycles. The summed E-state index contributed by atoms with van der Waals surface area (Å²) in [5.74, 6) is 0.918. The molecule has 1 aromatic heterocycles. The van der Waals surface area contributed by atoms with Gasteiger partial charge in [-0.15, -0.1) is 0 Å². The molecule has 0 bridgehead atoms. The summed E-state index contributed by atoms with van der Waals surface area (Å²) in [6, 6.07) is 8.36. The third-order valence-electron chi connectivity index (χ3n) is 5.14. The summed E-state index contributed by atoms with van der Waals surface area (Å²) in [6.07, 6.45) is 4.20. The van der Waals surface area contributed by atoms with Crippen molar-refractivity contribution in [2.75, 3.05) is 19.6 Å². The van der Waals surface area contributed by atoms with Gasteiger partial charge in [-0.25, -0.2) is 9.97 Å². The fraction of sp³-hybridized carbons (Fsp3) is 0.455. The first-order chi connectivity index (χ1) is 13.4. The first kappa shape index (κ1) is 20.0. The number of rotatable bonds is 5. The summed E-state index contributed by atoms with van der Waals surface area (Å²) < 4.78 is 0. The Morgan fingerprint density at radius 1 is 1.29 bits per heavy atom. The van der Waals surface area contributed by atoms with Gasteiger partial charge in [0.05, 0.1) is 5.69 Å². The second kappa shape index (κ2) is 8.95. The molecule has 1 fully saturated rings. The van der Waals surface area contributed by atoms with Crippen molar-refractivity contribution in [3.05, 3.63) is 47.5 Å². The minimum Gasteiger partial charge on any atom is -0.356 e. The Labute approximate surface area is 166 Å². The van der Waals surface area contributed by atoms with Crippen molar-refractivity contribution in [1.29, 1.82) is 0 Å². The van der Waals surface area contributed by atoms with Crippen LogP contribution in [-0.2, 0) is 9.59 Å². The molecule has 2 aromatic rings. The van der Waals surface area contributed by atoms with Gasteiger partial charge in [0, 0.05) is 50.7 Å². The van der Waals surface area contributed by atoms with Gasteiger partial charge in [0.25, 0.3) is 0 Å². The second-order valence-corrected chi connectivity index (χ2v) is 7.50. The maximum absolute atomic E-state index is 12.6. The Morgan fingerprint density at radius 2 is 2.11 bits per heavy atom. The molecule has 1 atom stereocenters. The first-order valence-corrected chi connectivity index (χ1v) is 9.87. The molecule has 6 nitrogen and oxygen atoms in total. The zero-order valence-corrected chi connectivity index (χ0v) is 16.9. The minimum atomic E-state index is -0.108. The molecule has 1 saturated heterocycles. The topological polar surface area (TPSA) is 75.2 Å². The fourth-order valence-electron chi connectivity index (χ4n) is 3.76. The van der Waals surface area contributed by atoms with Crippen LogP contribution in [-0.4, -0.2) is 46.3 Å². The van der Waals surface area contributed by atoms with Crippen molar-refractivity contribution >= 4 is 11.8 Å². The summed E-state index contributed by atoms with van der Waals surface area (Å²) in [6.45, 7) is 7.26. The van der Waals surface area contributed by atoms with Crippen molar-refractivity contribution in [3.8, 4) is 11.1 Å². The van der Waals surface area contributed by atoms with Crippen LogP contribution in [0.1, 0.15) is 49.2 Å². The quantitative estimate of drug-likeness (QED) is 0.865. The Hall–Kier alpha value is -2.76. The highest BCUT2D eigenvalue weighted by Crippen LogP contribution is 2.33. The molecular weight excluding hydrogens is 352 g/mol. The molecule has 148 valence electrons. The molecule has 0 spiro atoms. The predicted molar refractivity (Wildman–Crippen MR) is 109 cm³/mol. The van der Waals surface area contributed by atoms with Crippen molar-refractivity contribution in [1.82, 2.24) is 20.2 Å². The number of carbonyl (C=O) groups excluding carboxylic acids is 2. The normalized spacial score (nSPS) is 16.7. The average molecular weight is 380 g/mol. The Kier molecular flexibility index (Phi) is 6.39. The number of hydrogen-bond donors (Lipinski definition) is 1. The zero-order chi connectivity index (χ0) is 20.1. The van der Waals surface area contributed by atoms with E-state index in [1.165, 1.54) is 12.5 Å². The Morgan fingerprint density at radius 3 is 2.86 bits per heavy atom. The molecule has 28 heavy (non-hydrogen) atoms. The number of aromatic nitrogens is 2. The molecule has 3 rings (SSSR count). The lowest BCUT2D eigenvalue weighted by atomic mass is 9.89. The number of piperidine rings is 1. The van der Waals surface area contributed by atoms with Crippen molar-refractivity contribution in [3.63, 3.8) is 0 Å². The number of likely N-dealkylation sites (tertiary alicyclic amines) is 1. The van der Waals surface area contributed by atoms with E-state index in [0.29, 0.717) is 19.5 Å². The van der Waals surface area contributed by atoms with Gasteiger partial charge in [-0.2, -0.15) is 0 Å². The maximum atomic E-state index is 12.6. The lowest BCUT2D eigenvalue weighted by Gasteiger charge is -2.33. The van der Waals surface area contributed by atoms with Gasteiger partial charge in [-0.3, -0.25) is 9.59 Å². The number of nitrogens with one attached hydrogen (secondary N) is 1. The largest absolute Gasteiger partial charge is 0.356 e. The van der Waals surface area contributed by atoms with Crippen LogP contribution in [0, 0.1) is 13.8 Å². The minimum absolute atomic E-state index is 0.0846. The van der Waals surface area contributed by atoms with Crippen LogP contribution in [0.25, 0.3) is 11.1 Å². The lowest BCUT2D eigenvalue weighted by molar-refractivity contribution is -0.132. The summed E-state index contributed by atoms with van der Waals surface area (Å²) >= 11 is 0. The second-order valence-electron chi connectivity index (χ2n) is 7.50. The summed E-state index contributed by atoms with van der Waals surface area (Å²) in [5, 5.41) is 2.69. The summed E-state index contributed by atoms with van der Waals surface area (Å²) in [7, 11) is 0. The highest BCUT2D eigenvalue weighted by Gasteiger charge is 2.27. The fourth-order valence-corrected chi connectivity index (χ4v) is 3.76. The first-order valence-electron chi connectivity index (χ1n) is 9.87. The summed E-state index contributed by atoms with van der Waals surface area (Å²) in [5.41, 5.74) is 4.39. The Balaban J connectivity index is 1.80. The third kappa shape index (κ3) is 4.94. The molecule has 2 heterocycles. The van der Waals surface area contributed by atoms with E-state index in [1.807, 2.05) is 24.1 Å². The van der Waals surface area contributed by atoms with Gasteiger partial charge in [0.15, 0.2) is 0 Å². The van der Waals surface area contributed by atoms with Crippen LogP contribution in [0.2, 0.25) is 0 Å². The van der Waals surface area contributed by atoms with Crippen molar-refractivity contribution in [2.45, 2.75) is 46.0 Å². The van der Waals surface area contributed by atoms with E-state index in [1.54, 1.807) is 0 Å². The number of nitrogens with zero attached hydrogens (tertiary/aromatic N) is 3. The van der Waals surface area contributed by atoms with Crippen LogP contribution in [0.3, 0.4) is 0 Å². The molecular formula is C22H28N4O2. The van der Waals surface area contributed by atoms with Gasteiger partial charge in [-0.1, -0.05) is 29.8 Å². The lowest BCUT2D eigenvalue weighted by Crippen LogP contribution is -2.40. The third-order valence-corrected chi connectivity index (χ3v) is 5.14. The van der Waals surface area contributed by atoms with E-state index < -0.39 is 0 Å². The highest BCUT2D eigenvalue weighted by molar-refractivity contribution is 5.78. The standard InChI is InChI=1S/C22H28N4O2/c1-15-6-4-7-18(12-15)20-13-24-16(2)25-22(20)19-8-5-11-26(14-19)21(28)9-10-23-17(3)27/h4,6-7,12-13,19H,5,8-11,14H2,1-3H3,(H,23,27)/t19-/m0/s1. The van der Waals surface area contributed by atoms with Gasteiger partial charge in [0.2, 0.25) is 11.8 Å². The van der Waals surface area contributed by atoms with Crippen LogP contribution < -0.4 is 5.32 Å². The number of carbonyl (C=O) groups is 2. The molecule has 1 aliphatic heterocycles. The van der Waals surface area contributed by atoms with E-state index in [9.17, 15) is 9.59 Å². The van der Waals surface area contributed by atoms with Gasteiger partial charge in [-0.05, 0) is 32.3 Å². The van der Waals surface area contributed by atoms with Crippen molar-refractivity contribution < 1.29 is 9.59 Å². The Bertz CT molecular complexity index is 865. The zero-order valence-electron chi connectivity index (χ0n) is 16.9. The van der Waals surface area contributed by atoms with Crippen LogP contribution in [0.15, 0.2) is 30.5 Å². The highest BCUT2D eigenvalue weighted by atomic mass is 16.2. The average Bonchev–Trinajstić information content (AvgIpc) is 2.67. The van der Waals surface area contributed by atoms with Gasteiger partial charge in [0.1, 0.15) is 5.82 Å². The molecule has 1 aliphatic rings.